The molecule has 0 aliphatic carbocycles. The summed E-state index contributed by atoms with van der Waals surface area (Å²) in [6.07, 6.45) is 3.90. The smallest absolute Gasteiger partial charge is 0.0641 e. The summed E-state index contributed by atoms with van der Waals surface area (Å²) in [5.74, 6) is 0. The molecule has 0 N–H and O–H groups in total. The molecule has 168 valence electrons. The van der Waals surface area contributed by atoms with Gasteiger partial charge in [0.05, 0.1) is 22.8 Å². The Kier molecular flexibility index (Phi) is 5.28. The highest BCUT2D eigenvalue weighted by Crippen LogP contribution is 2.53. The van der Waals surface area contributed by atoms with Crippen LogP contribution in [0, 0.1) is 0 Å². The molecule has 0 saturated heterocycles. The number of anilines is 3. The number of fused-ring (bicyclic) bond motifs is 5. The molecule has 1 aliphatic heterocycles. The Balaban J connectivity index is 1.82. The van der Waals surface area contributed by atoms with Crippen LogP contribution in [0.5, 0.6) is 0 Å². The van der Waals surface area contributed by atoms with Gasteiger partial charge in [0.25, 0.3) is 0 Å². The van der Waals surface area contributed by atoms with Crippen LogP contribution in [0.4, 0.5) is 17.1 Å². The Labute approximate surface area is 214 Å². The van der Waals surface area contributed by atoms with E-state index in [1.807, 2.05) is 18.2 Å². The molecule has 0 amide bonds. The largest absolute Gasteiger partial charge is 0.309 e. The van der Waals surface area contributed by atoms with Crippen molar-refractivity contribution in [2.24, 2.45) is 0 Å². The average Bonchev–Trinajstić information content (AvgIpc) is 3.18. The topological polar surface area (TPSA) is 8.17 Å². The van der Waals surface area contributed by atoms with E-state index in [9.17, 15) is 0 Å². The number of hydrogen-bond donors (Lipinski definition) is 0. The van der Waals surface area contributed by atoms with Crippen molar-refractivity contribution >= 4 is 45.1 Å². The van der Waals surface area contributed by atoms with Gasteiger partial charge in [-0.25, -0.2) is 0 Å². The van der Waals surface area contributed by atoms with Crippen molar-refractivity contribution in [1.82, 2.24) is 4.57 Å². The summed E-state index contributed by atoms with van der Waals surface area (Å²) in [5, 5.41) is 0. The first kappa shape index (κ1) is 21.5. The van der Waals surface area contributed by atoms with E-state index in [-0.39, 0.29) is 0 Å². The summed E-state index contributed by atoms with van der Waals surface area (Å²) < 4.78 is 3.34. The molecule has 6 rings (SSSR count). The van der Waals surface area contributed by atoms with Gasteiger partial charge in [0, 0.05) is 38.1 Å². The minimum absolute atomic E-state index is 1.03. The normalized spacial score (nSPS) is 11.7. The Morgan fingerprint density at radius 2 is 1.26 bits per heavy atom. The summed E-state index contributed by atoms with van der Waals surface area (Å²) in [5.41, 5.74) is 11.2. The van der Waals surface area contributed by atoms with E-state index in [4.69, 9.17) is 0 Å². The number of rotatable bonds is 4. The van der Waals surface area contributed by atoms with Crippen LogP contribution in [0.3, 0.4) is 0 Å². The fourth-order valence-electron chi connectivity index (χ4n) is 5.16. The number of aromatic nitrogens is 1. The Hall–Kier alpha value is -4.08. The molecule has 1 aromatic heterocycles. The molecule has 3 heteroatoms. The lowest BCUT2D eigenvalue weighted by Gasteiger charge is -2.27. The third kappa shape index (κ3) is 3.31. The van der Waals surface area contributed by atoms with E-state index in [2.05, 4.69) is 136 Å². The number of hydrogen-bond acceptors (Lipinski definition) is 1. The van der Waals surface area contributed by atoms with Crippen molar-refractivity contribution in [3.63, 3.8) is 0 Å². The van der Waals surface area contributed by atoms with Crippen LogP contribution in [-0.4, -0.2) is 4.57 Å². The SMILES string of the molecule is C=Cc1c2c(n(-c3cccc(Br)c3)c1C=C)-c1ccccc1N(c1ccccc1)c1ccccc1-2. The van der Waals surface area contributed by atoms with Crippen molar-refractivity contribution in [3.8, 4) is 28.1 Å². The highest BCUT2D eigenvalue weighted by Gasteiger charge is 2.32. The van der Waals surface area contributed by atoms with Gasteiger partial charge in [0.2, 0.25) is 0 Å². The number of halogens is 1. The minimum atomic E-state index is 1.03. The van der Waals surface area contributed by atoms with E-state index >= 15 is 0 Å². The van der Waals surface area contributed by atoms with E-state index in [1.54, 1.807) is 0 Å². The Morgan fingerprint density at radius 3 is 1.94 bits per heavy atom. The van der Waals surface area contributed by atoms with Gasteiger partial charge >= 0.3 is 0 Å². The standard InChI is InChI=1S/C32H23BrN2/c1-3-25-28(4-2)35(24-16-12-13-22(33)21-24)32-27-18-9-11-20-30(27)34(23-14-6-5-7-15-23)29-19-10-8-17-26(29)31(25)32/h3-21H,1-2H2. The third-order valence-corrected chi connectivity index (χ3v) is 7.03. The third-order valence-electron chi connectivity index (χ3n) is 6.54. The zero-order valence-corrected chi connectivity index (χ0v) is 20.7. The van der Waals surface area contributed by atoms with E-state index in [0.717, 1.165) is 60.9 Å². The molecule has 0 radical (unpaired) electrons. The molecule has 0 bridgehead atoms. The van der Waals surface area contributed by atoms with Crippen LogP contribution in [-0.2, 0) is 0 Å². The maximum Gasteiger partial charge on any atom is 0.0641 e. The summed E-state index contributed by atoms with van der Waals surface area (Å²) >= 11 is 3.67. The lowest BCUT2D eigenvalue weighted by atomic mass is 9.96. The van der Waals surface area contributed by atoms with Gasteiger partial charge in [-0.3, -0.25) is 0 Å². The summed E-state index contributed by atoms with van der Waals surface area (Å²) in [6.45, 7) is 8.42. The highest BCUT2D eigenvalue weighted by atomic mass is 79.9. The first-order valence-corrected chi connectivity index (χ1v) is 12.4. The van der Waals surface area contributed by atoms with Crippen molar-refractivity contribution in [2.45, 2.75) is 0 Å². The van der Waals surface area contributed by atoms with E-state index < -0.39 is 0 Å². The lowest BCUT2D eigenvalue weighted by Crippen LogP contribution is -2.11. The number of para-hydroxylation sites is 3. The molecule has 5 aromatic rings. The molecular weight excluding hydrogens is 492 g/mol. The van der Waals surface area contributed by atoms with E-state index in [0.29, 0.717) is 0 Å². The van der Waals surface area contributed by atoms with Crippen LogP contribution in [0.2, 0.25) is 0 Å². The average molecular weight is 515 g/mol. The van der Waals surface area contributed by atoms with Crippen molar-refractivity contribution in [1.29, 1.82) is 0 Å². The molecule has 0 atom stereocenters. The molecular formula is C32H23BrN2. The molecule has 0 unspecified atom stereocenters. The van der Waals surface area contributed by atoms with Crippen LogP contribution < -0.4 is 4.90 Å². The number of benzene rings is 4. The first-order valence-electron chi connectivity index (χ1n) is 11.6. The molecule has 1 aliphatic rings. The van der Waals surface area contributed by atoms with Gasteiger partial charge < -0.3 is 9.47 Å². The maximum atomic E-state index is 4.22. The molecule has 0 saturated carbocycles. The van der Waals surface area contributed by atoms with Gasteiger partial charge in [-0.15, -0.1) is 0 Å². The molecule has 35 heavy (non-hydrogen) atoms. The lowest BCUT2D eigenvalue weighted by molar-refractivity contribution is 1.07. The molecule has 2 heterocycles. The molecule has 0 fully saturated rings. The van der Waals surface area contributed by atoms with Gasteiger partial charge in [-0.05, 0) is 48.5 Å². The predicted molar refractivity (Wildman–Crippen MR) is 153 cm³/mol. The second kappa shape index (κ2) is 8.61. The summed E-state index contributed by atoms with van der Waals surface area (Å²) in [4.78, 5) is 2.36. The van der Waals surface area contributed by atoms with E-state index in [1.165, 1.54) is 0 Å². The Bertz CT molecular complexity index is 1590. The van der Waals surface area contributed by atoms with Gasteiger partial charge in [0.15, 0.2) is 0 Å². The van der Waals surface area contributed by atoms with Crippen LogP contribution in [0.25, 0.3) is 40.2 Å². The summed E-state index contributed by atoms with van der Waals surface area (Å²) in [7, 11) is 0. The molecule has 0 spiro atoms. The second-order valence-corrected chi connectivity index (χ2v) is 9.37. The molecule has 4 aromatic carbocycles. The Morgan fingerprint density at radius 1 is 0.629 bits per heavy atom. The highest BCUT2D eigenvalue weighted by molar-refractivity contribution is 9.10. The quantitative estimate of drug-likeness (QED) is 0.227. The van der Waals surface area contributed by atoms with Crippen LogP contribution in [0.1, 0.15) is 11.3 Å². The van der Waals surface area contributed by atoms with Crippen molar-refractivity contribution in [2.75, 3.05) is 4.90 Å². The monoisotopic (exact) mass is 514 g/mol. The van der Waals surface area contributed by atoms with Gasteiger partial charge in [-0.1, -0.05) is 95.8 Å². The van der Waals surface area contributed by atoms with Crippen LogP contribution in [0.15, 0.2) is 121 Å². The fourth-order valence-corrected chi connectivity index (χ4v) is 5.55. The fraction of sp³-hybridized carbons (Fsp3) is 0. The van der Waals surface area contributed by atoms with Crippen LogP contribution >= 0.6 is 15.9 Å². The molecule has 2 nitrogen and oxygen atoms in total. The minimum Gasteiger partial charge on any atom is -0.309 e. The van der Waals surface area contributed by atoms with Crippen molar-refractivity contribution in [3.05, 3.63) is 132 Å². The zero-order chi connectivity index (χ0) is 23.9. The maximum absolute atomic E-state index is 4.22. The predicted octanol–water partition coefficient (Wildman–Crippen LogP) is 9.64. The first-order chi connectivity index (χ1) is 17.2. The van der Waals surface area contributed by atoms with Crippen molar-refractivity contribution < 1.29 is 0 Å². The van der Waals surface area contributed by atoms with Gasteiger partial charge in [0.1, 0.15) is 0 Å². The number of nitrogens with zero attached hydrogens (tertiary/aromatic N) is 2. The summed E-state index contributed by atoms with van der Waals surface area (Å²) in [6, 6.07) is 36.2. The van der Waals surface area contributed by atoms with Gasteiger partial charge in [-0.2, -0.15) is 0 Å². The second-order valence-electron chi connectivity index (χ2n) is 8.45. The zero-order valence-electron chi connectivity index (χ0n) is 19.2.